The Morgan fingerprint density at radius 2 is 1.90 bits per heavy atom. The monoisotopic (exact) mass is 273 g/mol. The topological polar surface area (TPSA) is 84.2 Å². The van der Waals surface area contributed by atoms with Crippen LogP contribution in [0.2, 0.25) is 0 Å². The lowest BCUT2D eigenvalue weighted by Gasteiger charge is -2.06. The normalized spacial score (nSPS) is 10.3. The van der Waals surface area contributed by atoms with Crippen molar-refractivity contribution in [2.24, 2.45) is 0 Å². The number of benzene rings is 1. The fraction of sp³-hybridized carbons (Fsp3) is 0.214. The predicted molar refractivity (Wildman–Crippen MR) is 73.5 cm³/mol. The Bertz CT molecular complexity index is 647. The lowest BCUT2D eigenvalue weighted by atomic mass is 10.2. The smallest absolute Gasteiger partial charge is 0.394 e. The maximum absolute atomic E-state index is 11.2. The van der Waals surface area contributed by atoms with Crippen molar-refractivity contribution in [3.63, 3.8) is 0 Å². The Kier molecular flexibility index (Phi) is 3.84. The van der Waals surface area contributed by atoms with Crippen LogP contribution in [-0.2, 0) is 16.1 Å². The van der Waals surface area contributed by atoms with E-state index in [-0.39, 0.29) is 0 Å². The molecule has 0 bridgehead atoms. The van der Waals surface area contributed by atoms with Gasteiger partial charge in [-0.2, -0.15) is 5.10 Å². The zero-order valence-corrected chi connectivity index (χ0v) is 11.3. The van der Waals surface area contributed by atoms with Gasteiger partial charge in [0.1, 0.15) is 0 Å². The summed E-state index contributed by atoms with van der Waals surface area (Å²) in [6.07, 6.45) is 0. The fourth-order valence-corrected chi connectivity index (χ4v) is 1.96. The van der Waals surface area contributed by atoms with Crippen LogP contribution in [0, 0.1) is 13.8 Å². The van der Waals surface area contributed by atoms with Gasteiger partial charge in [-0.05, 0) is 19.4 Å². The molecule has 0 saturated carbocycles. The third-order valence-electron chi connectivity index (χ3n) is 2.99. The lowest BCUT2D eigenvalue weighted by molar-refractivity contribution is -0.147. The van der Waals surface area contributed by atoms with E-state index in [0.717, 1.165) is 11.3 Å². The first kappa shape index (κ1) is 13.8. The van der Waals surface area contributed by atoms with Gasteiger partial charge in [-0.1, -0.05) is 30.3 Å². The molecule has 0 aliphatic rings. The highest BCUT2D eigenvalue weighted by molar-refractivity contribution is 6.36. The van der Waals surface area contributed by atoms with E-state index >= 15 is 0 Å². The van der Waals surface area contributed by atoms with Crippen LogP contribution >= 0.6 is 0 Å². The number of hydrogen-bond donors (Lipinski definition) is 2. The number of rotatable bonds is 3. The van der Waals surface area contributed by atoms with E-state index in [2.05, 4.69) is 10.4 Å². The van der Waals surface area contributed by atoms with Gasteiger partial charge in [0.05, 0.1) is 23.6 Å². The molecule has 1 aromatic heterocycles. The Hall–Kier alpha value is -2.63. The van der Waals surface area contributed by atoms with Crippen LogP contribution in [0.3, 0.4) is 0 Å². The minimum atomic E-state index is -1.51. The van der Waals surface area contributed by atoms with E-state index in [1.54, 1.807) is 18.5 Å². The van der Waals surface area contributed by atoms with Gasteiger partial charge in [-0.3, -0.25) is 9.48 Å². The molecule has 0 radical (unpaired) electrons. The molecule has 0 aliphatic carbocycles. The highest BCUT2D eigenvalue weighted by Gasteiger charge is 2.18. The molecule has 1 amide bonds. The average Bonchev–Trinajstić information content (AvgIpc) is 2.67. The first-order chi connectivity index (χ1) is 9.49. The number of nitrogens with zero attached hydrogens (tertiary/aromatic N) is 2. The molecule has 0 atom stereocenters. The molecule has 0 unspecified atom stereocenters. The summed E-state index contributed by atoms with van der Waals surface area (Å²) in [4.78, 5) is 21.8. The van der Waals surface area contributed by atoms with Crippen molar-refractivity contribution < 1.29 is 14.7 Å². The van der Waals surface area contributed by atoms with Crippen molar-refractivity contribution in [2.75, 3.05) is 5.32 Å². The van der Waals surface area contributed by atoms with Crippen molar-refractivity contribution in [1.29, 1.82) is 0 Å². The number of aromatic nitrogens is 2. The highest BCUT2D eigenvalue weighted by atomic mass is 16.4. The average molecular weight is 273 g/mol. The van der Waals surface area contributed by atoms with Crippen molar-refractivity contribution in [2.45, 2.75) is 20.4 Å². The number of carbonyl (C=O) groups is 2. The van der Waals surface area contributed by atoms with Crippen molar-refractivity contribution in [3.05, 3.63) is 47.3 Å². The molecule has 2 aromatic rings. The Balaban J connectivity index is 2.25. The lowest BCUT2D eigenvalue weighted by Crippen LogP contribution is -2.22. The number of carbonyl (C=O) groups excluding carboxylic acids is 1. The summed E-state index contributed by atoms with van der Waals surface area (Å²) in [6, 6.07) is 9.77. The van der Waals surface area contributed by atoms with Crippen LogP contribution in [0.15, 0.2) is 30.3 Å². The SMILES string of the molecule is Cc1nn(Cc2ccccc2)c(C)c1NC(=O)C(=O)O. The zero-order chi connectivity index (χ0) is 14.7. The molecule has 1 aromatic carbocycles. The summed E-state index contributed by atoms with van der Waals surface area (Å²) >= 11 is 0. The quantitative estimate of drug-likeness (QED) is 0.831. The van der Waals surface area contributed by atoms with E-state index in [9.17, 15) is 9.59 Å². The standard InChI is InChI=1S/C14H15N3O3/c1-9-12(15-13(18)14(19)20)10(2)17(16-9)8-11-6-4-3-5-7-11/h3-7H,8H2,1-2H3,(H,15,18)(H,19,20). The number of nitrogens with one attached hydrogen (secondary N) is 1. The van der Waals surface area contributed by atoms with Crippen LogP contribution in [0.5, 0.6) is 0 Å². The van der Waals surface area contributed by atoms with E-state index in [0.29, 0.717) is 17.9 Å². The predicted octanol–water partition coefficient (Wildman–Crippen LogP) is 1.57. The molecule has 2 N–H and O–H groups in total. The number of amides is 1. The number of anilines is 1. The van der Waals surface area contributed by atoms with Gasteiger partial charge < -0.3 is 10.4 Å². The minimum Gasteiger partial charge on any atom is -0.474 e. The number of carboxylic acids is 1. The van der Waals surface area contributed by atoms with Gasteiger partial charge in [-0.15, -0.1) is 0 Å². The molecule has 0 fully saturated rings. The van der Waals surface area contributed by atoms with E-state index in [1.807, 2.05) is 30.3 Å². The van der Waals surface area contributed by atoms with Crippen molar-refractivity contribution in [3.8, 4) is 0 Å². The van der Waals surface area contributed by atoms with Gasteiger partial charge >= 0.3 is 11.9 Å². The maximum Gasteiger partial charge on any atom is 0.394 e. The fourth-order valence-electron chi connectivity index (χ4n) is 1.96. The van der Waals surface area contributed by atoms with Gasteiger partial charge in [0.15, 0.2) is 0 Å². The number of carboxylic acid groups (broad SMARTS) is 1. The first-order valence-corrected chi connectivity index (χ1v) is 6.11. The molecule has 20 heavy (non-hydrogen) atoms. The Labute approximate surface area is 116 Å². The minimum absolute atomic E-state index is 0.452. The van der Waals surface area contributed by atoms with Crippen LogP contribution in [-0.4, -0.2) is 26.8 Å². The highest BCUT2D eigenvalue weighted by Crippen LogP contribution is 2.20. The summed E-state index contributed by atoms with van der Waals surface area (Å²) in [6.45, 7) is 4.09. The number of hydrogen-bond acceptors (Lipinski definition) is 3. The van der Waals surface area contributed by atoms with Crippen LogP contribution in [0.25, 0.3) is 0 Å². The second-order valence-corrected chi connectivity index (χ2v) is 4.45. The largest absolute Gasteiger partial charge is 0.474 e. The van der Waals surface area contributed by atoms with Gasteiger partial charge in [-0.25, -0.2) is 4.79 Å². The second-order valence-electron chi connectivity index (χ2n) is 4.45. The Morgan fingerprint density at radius 1 is 1.25 bits per heavy atom. The molecule has 6 heteroatoms. The molecule has 0 spiro atoms. The maximum atomic E-state index is 11.2. The summed E-state index contributed by atoms with van der Waals surface area (Å²) < 4.78 is 1.74. The molecule has 6 nitrogen and oxygen atoms in total. The molecular weight excluding hydrogens is 258 g/mol. The van der Waals surface area contributed by atoms with E-state index in [1.165, 1.54) is 0 Å². The molecule has 1 heterocycles. The summed E-state index contributed by atoms with van der Waals surface area (Å²) in [5, 5.41) is 15.3. The molecule has 0 saturated heterocycles. The second kappa shape index (κ2) is 5.56. The number of aliphatic carboxylic acids is 1. The molecule has 2 rings (SSSR count). The van der Waals surface area contributed by atoms with Crippen LogP contribution < -0.4 is 5.32 Å². The van der Waals surface area contributed by atoms with Crippen molar-refractivity contribution in [1.82, 2.24) is 9.78 Å². The van der Waals surface area contributed by atoms with Gasteiger partial charge in [0, 0.05) is 0 Å². The van der Waals surface area contributed by atoms with Gasteiger partial charge in [0.2, 0.25) is 0 Å². The molecule has 104 valence electrons. The summed E-state index contributed by atoms with van der Waals surface area (Å²) in [5.41, 5.74) is 2.84. The van der Waals surface area contributed by atoms with Crippen molar-refractivity contribution >= 4 is 17.6 Å². The molecular formula is C14H15N3O3. The van der Waals surface area contributed by atoms with Crippen LogP contribution in [0.1, 0.15) is 17.0 Å². The van der Waals surface area contributed by atoms with E-state index in [4.69, 9.17) is 5.11 Å². The summed E-state index contributed by atoms with van der Waals surface area (Å²) in [5.74, 6) is -2.57. The Morgan fingerprint density at radius 3 is 2.50 bits per heavy atom. The molecule has 0 aliphatic heterocycles. The number of aryl methyl sites for hydroxylation is 1. The first-order valence-electron chi connectivity index (χ1n) is 6.11. The van der Waals surface area contributed by atoms with E-state index < -0.39 is 11.9 Å². The third-order valence-corrected chi connectivity index (χ3v) is 2.99. The van der Waals surface area contributed by atoms with Crippen LogP contribution in [0.4, 0.5) is 5.69 Å². The summed E-state index contributed by atoms with van der Waals surface area (Å²) in [7, 11) is 0. The zero-order valence-electron chi connectivity index (χ0n) is 11.3. The third kappa shape index (κ3) is 2.85. The van der Waals surface area contributed by atoms with Gasteiger partial charge in [0.25, 0.3) is 0 Å².